The molecule has 8 heteroatoms. The quantitative estimate of drug-likeness (QED) is 0.600. The number of halogens is 3. The molecule has 2 amide bonds. The largest absolute Gasteiger partial charge is 0.417 e. The molecule has 0 atom stereocenters. The highest BCUT2D eigenvalue weighted by atomic mass is 19.4. The van der Waals surface area contributed by atoms with Crippen LogP contribution in [-0.2, 0) is 6.18 Å². The predicted molar refractivity (Wildman–Crippen MR) is 75.1 cm³/mol. The summed E-state index contributed by atoms with van der Waals surface area (Å²) >= 11 is 0. The summed E-state index contributed by atoms with van der Waals surface area (Å²) in [5.41, 5.74) is 0.240. The molecule has 120 valence electrons. The van der Waals surface area contributed by atoms with Gasteiger partial charge in [0.05, 0.1) is 11.1 Å². The van der Waals surface area contributed by atoms with Crippen LogP contribution in [0, 0.1) is 0 Å². The van der Waals surface area contributed by atoms with E-state index < -0.39 is 29.1 Å². The van der Waals surface area contributed by atoms with Crippen molar-refractivity contribution in [1.29, 1.82) is 0 Å². The first-order valence-electron chi connectivity index (χ1n) is 6.35. The van der Waals surface area contributed by atoms with Gasteiger partial charge in [-0.3, -0.25) is 14.8 Å². The number of rotatable bonds is 3. The molecule has 3 N–H and O–H groups in total. The Labute approximate surface area is 128 Å². The van der Waals surface area contributed by atoms with Crippen LogP contribution in [0.3, 0.4) is 0 Å². The Morgan fingerprint density at radius 1 is 0.913 bits per heavy atom. The van der Waals surface area contributed by atoms with Crippen molar-refractivity contribution in [1.82, 2.24) is 5.48 Å². The fraction of sp³-hybridized carbons (Fsp3) is 0.0667. The molecule has 0 bridgehead atoms. The number of anilines is 1. The fourth-order valence-corrected chi connectivity index (χ4v) is 1.90. The van der Waals surface area contributed by atoms with Crippen LogP contribution in [0.25, 0.3) is 0 Å². The Hall–Kier alpha value is -2.87. The van der Waals surface area contributed by atoms with Crippen molar-refractivity contribution in [3.63, 3.8) is 0 Å². The van der Waals surface area contributed by atoms with Gasteiger partial charge < -0.3 is 5.32 Å². The van der Waals surface area contributed by atoms with E-state index in [9.17, 15) is 22.8 Å². The number of hydroxylamine groups is 1. The molecule has 5 nitrogen and oxygen atoms in total. The summed E-state index contributed by atoms with van der Waals surface area (Å²) in [6.07, 6.45) is -4.64. The summed E-state index contributed by atoms with van der Waals surface area (Å²) in [4.78, 5) is 23.2. The monoisotopic (exact) mass is 324 g/mol. The Bertz CT molecular complexity index is 727. The van der Waals surface area contributed by atoms with Crippen molar-refractivity contribution in [3.05, 3.63) is 65.2 Å². The van der Waals surface area contributed by atoms with Gasteiger partial charge in [0, 0.05) is 11.3 Å². The average molecular weight is 324 g/mol. The lowest BCUT2D eigenvalue weighted by Gasteiger charge is -2.12. The smallest absolute Gasteiger partial charge is 0.322 e. The van der Waals surface area contributed by atoms with Crippen molar-refractivity contribution in [2.45, 2.75) is 6.18 Å². The van der Waals surface area contributed by atoms with Gasteiger partial charge in [-0.1, -0.05) is 12.1 Å². The van der Waals surface area contributed by atoms with Crippen LogP contribution in [-0.4, -0.2) is 17.0 Å². The van der Waals surface area contributed by atoms with Crippen molar-refractivity contribution >= 4 is 17.5 Å². The third-order valence-electron chi connectivity index (χ3n) is 2.98. The zero-order valence-electron chi connectivity index (χ0n) is 11.5. The highest BCUT2D eigenvalue weighted by Crippen LogP contribution is 2.32. The van der Waals surface area contributed by atoms with Crippen molar-refractivity contribution in [2.75, 3.05) is 5.32 Å². The molecule has 0 saturated carbocycles. The minimum atomic E-state index is -4.64. The lowest BCUT2D eigenvalue weighted by Crippen LogP contribution is -2.19. The van der Waals surface area contributed by atoms with Crippen LogP contribution < -0.4 is 10.8 Å². The Balaban J connectivity index is 2.22. The molecular weight excluding hydrogens is 313 g/mol. The molecule has 0 unspecified atom stereocenters. The van der Waals surface area contributed by atoms with Gasteiger partial charge in [-0.05, 0) is 36.4 Å². The highest BCUT2D eigenvalue weighted by molar-refractivity contribution is 6.05. The molecule has 0 saturated heterocycles. The van der Waals surface area contributed by atoms with Crippen LogP contribution in [0.1, 0.15) is 26.3 Å². The second-order valence-electron chi connectivity index (χ2n) is 4.52. The summed E-state index contributed by atoms with van der Waals surface area (Å²) in [5, 5.41) is 10.8. The Morgan fingerprint density at radius 2 is 1.52 bits per heavy atom. The van der Waals surface area contributed by atoms with Crippen molar-refractivity contribution in [3.8, 4) is 0 Å². The van der Waals surface area contributed by atoms with E-state index in [-0.39, 0.29) is 11.3 Å². The Morgan fingerprint density at radius 3 is 2.09 bits per heavy atom. The van der Waals surface area contributed by atoms with Gasteiger partial charge in [-0.2, -0.15) is 13.2 Å². The van der Waals surface area contributed by atoms with Crippen LogP contribution in [0.15, 0.2) is 48.5 Å². The van der Waals surface area contributed by atoms with Crippen molar-refractivity contribution < 1.29 is 28.0 Å². The molecule has 0 radical (unpaired) electrons. The molecule has 0 aliphatic rings. The van der Waals surface area contributed by atoms with Gasteiger partial charge >= 0.3 is 6.18 Å². The highest BCUT2D eigenvalue weighted by Gasteiger charge is 2.34. The Kier molecular flexibility index (Phi) is 4.65. The van der Waals surface area contributed by atoms with Crippen LogP contribution in [0.2, 0.25) is 0 Å². The third-order valence-corrected chi connectivity index (χ3v) is 2.98. The minimum absolute atomic E-state index is 0.126. The number of carbonyl (C=O) groups excluding carboxylic acids is 2. The molecular formula is C15H11F3N2O3. The summed E-state index contributed by atoms with van der Waals surface area (Å²) in [6.45, 7) is 0. The van der Waals surface area contributed by atoms with E-state index >= 15 is 0 Å². The number of carbonyl (C=O) groups is 2. The summed E-state index contributed by atoms with van der Waals surface area (Å²) in [5.74, 6) is -1.66. The number of amides is 2. The van der Waals surface area contributed by atoms with Gasteiger partial charge in [-0.15, -0.1) is 0 Å². The SMILES string of the molecule is O=C(NO)c1ccc(NC(=O)c2ccccc2C(F)(F)F)cc1. The number of alkyl halides is 3. The second-order valence-corrected chi connectivity index (χ2v) is 4.52. The van der Waals surface area contributed by atoms with Gasteiger partial charge in [0.2, 0.25) is 0 Å². The molecule has 0 heterocycles. The average Bonchev–Trinajstić information content (AvgIpc) is 2.54. The normalized spacial score (nSPS) is 11.0. The lowest BCUT2D eigenvalue weighted by molar-refractivity contribution is -0.137. The second kappa shape index (κ2) is 6.49. The van der Waals surface area contributed by atoms with E-state index in [1.165, 1.54) is 41.9 Å². The van der Waals surface area contributed by atoms with E-state index in [1.807, 2.05) is 0 Å². The standard InChI is InChI=1S/C15H11F3N2O3/c16-15(17,18)12-4-2-1-3-11(12)14(22)19-10-7-5-9(6-8-10)13(21)20-23/h1-8,23H,(H,19,22)(H,20,21). The maximum absolute atomic E-state index is 12.9. The van der Waals surface area contributed by atoms with Gasteiger partial charge in [0.25, 0.3) is 11.8 Å². The van der Waals surface area contributed by atoms with E-state index in [4.69, 9.17) is 5.21 Å². The summed E-state index contributed by atoms with van der Waals surface area (Å²) < 4.78 is 38.6. The zero-order valence-corrected chi connectivity index (χ0v) is 11.5. The summed E-state index contributed by atoms with van der Waals surface area (Å²) in [6, 6.07) is 9.70. The number of nitrogens with one attached hydrogen (secondary N) is 2. The zero-order chi connectivity index (χ0) is 17.0. The molecule has 0 fully saturated rings. The summed E-state index contributed by atoms with van der Waals surface area (Å²) in [7, 11) is 0. The molecule has 23 heavy (non-hydrogen) atoms. The molecule has 2 aromatic rings. The molecule has 0 aliphatic heterocycles. The van der Waals surface area contributed by atoms with Crippen molar-refractivity contribution in [2.24, 2.45) is 0 Å². The maximum Gasteiger partial charge on any atom is 0.417 e. The van der Waals surface area contributed by atoms with Crippen LogP contribution in [0.4, 0.5) is 18.9 Å². The van der Waals surface area contributed by atoms with Crippen LogP contribution in [0.5, 0.6) is 0 Å². The number of benzene rings is 2. The third kappa shape index (κ3) is 3.86. The van der Waals surface area contributed by atoms with E-state index in [0.29, 0.717) is 0 Å². The molecule has 0 aliphatic carbocycles. The molecule has 2 rings (SSSR count). The van der Waals surface area contributed by atoms with E-state index in [0.717, 1.165) is 12.1 Å². The first-order chi connectivity index (χ1) is 10.8. The molecule has 0 spiro atoms. The number of hydrogen-bond donors (Lipinski definition) is 3. The van der Waals surface area contributed by atoms with Gasteiger partial charge in [-0.25, -0.2) is 5.48 Å². The predicted octanol–water partition coefficient (Wildman–Crippen LogP) is 3.08. The van der Waals surface area contributed by atoms with Gasteiger partial charge in [0.15, 0.2) is 0 Å². The van der Waals surface area contributed by atoms with Gasteiger partial charge in [0.1, 0.15) is 0 Å². The number of hydrogen-bond acceptors (Lipinski definition) is 3. The molecule has 2 aromatic carbocycles. The lowest BCUT2D eigenvalue weighted by atomic mass is 10.1. The van der Waals surface area contributed by atoms with E-state index in [1.54, 1.807) is 0 Å². The minimum Gasteiger partial charge on any atom is -0.322 e. The first kappa shape index (κ1) is 16.5. The first-order valence-corrected chi connectivity index (χ1v) is 6.35. The van der Waals surface area contributed by atoms with Crippen LogP contribution >= 0.6 is 0 Å². The molecule has 0 aromatic heterocycles. The topological polar surface area (TPSA) is 78.4 Å². The maximum atomic E-state index is 12.9. The fourth-order valence-electron chi connectivity index (χ4n) is 1.90. The van der Waals surface area contributed by atoms with E-state index in [2.05, 4.69) is 5.32 Å².